The highest BCUT2D eigenvalue weighted by atomic mass is 32.1. The Bertz CT molecular complexity index is 953. The maximum absolute atomic E-state index is 13.5. The number of aryl methyl sites for hydroxylation is 1. The van der Waals surface area contributed by atoms with Crippen LogP contribution in [0.4, 0.5) is 0 Å². The topological polar surface area (TPSA) is 55.9 Å². The Morgan fingerprint density at radius 1 is 1.09 bits per heavy atom. The van der Waals surface area contributed by atoms with Crippen LogP contribution in [0, 0.1) is 6.92 Å². The number of benzene rings is 1. The van der Waals surface area contributed by atoms with Crippen LogP contribution >= 0.6 is 11.3 Å². The molecule has 0 bridgehead atoms. The minimum Gasteiger partial charge on any atom is -0.338 e. The van der Waals surface area contributed by atoms with E-state index in [0.717, 1.165) is 44.0 Å². The number of piperazine rings is 1. The number of hydrogen-bond acceptors (Lipinski definition) is 5. The smallest absolute Gasteiger partial charge is 0.264 e. The minimum atomic E-state index is -0.370. The van der Waals surface area contributed by atoms with Crippen molar-refractivity contribution in [2.45, 2.75) is 50.9 Å². The van der Waals surface area contributed by atoms with Gasteiger partial charge in [-0.1, -0.05) is 30.3 Å². The molecule has 1 aromatic carbocycles. The van der Waals surface area contributed by atoms with Gasteiger partial charge >= 0.3 is 0 Å². The average Bonchev–Trinajstić information content (AvgIpc) is 3.33. The van der Waals surface area contributed by atoms with Gasteiger partial charge in [0.2, 0.25) is 5.91 Å². The highest BCUT2D eigenvalue weighted by Gasteiger charge is 2.46. The molecule has 170 valence electrons. The van der Waals surface area contributed by atoms with E-state index in [1.165, 1.54) is 35.3 Å². The van der Waals surface area contributed by atoms with Crippen LogP contribution in [0.25, 0.3) is 0 Å². The monoisotopic (exact) mass is 452 g/mol. The first kappa shape index (κ1) is 21.6. The summed E-state index contributed by atoms with van der Waals surface area (Å²) in [6.07, 6.45) is 3.14. The first-order chi connectivity index (χ1) is 15.6. The van der Waals surface area contributed by atoms with Crippen LogP contribution in [-0.2, 0) is 11.3 Å². The van der Waals surface area contributed by atoms with Gasteiger partial charge in [0.1, 0.15) is 6.04 Å². The molecule has 32 heavy (non-hydrogen) atoms. The third-order valence-corrected chi connectivity index (χ3v) is 7.94. The normalized spacial score (nSPS) is 23.7. The van der Waals surface area contributed by atoms with Crippen molar-refractivity contribution in [2.24, 2.45) is 0 Å². The number of thiophene rings is 1. The Balaban J connectivity index is 1.39. The maximum Gasteiger partial charge on any atom is 0.264 e. The van der Waals surface area contributed by atoms with Crippen LogP contribution in [0.3, 0.4) is 0 Å². The Morgan fingerprint density at radius 2 is 1.88 bits per heavy atom. The van der Waals surface area contributed by atoms with Crippen LogP contribution in [0.2, 0.25) is 0 Å². The fraction of sp³-hybridized carbons (Fsp3) is 0.520. The van der Waals surface area contributed by atoms with Crippen LogP contribution in [-0.4, -0.2) is 77.4 Å². The standard InChI is InChI=1S/C25H32N4O2S/c1-18-5-2-3-6-19(18)16-28(20-8-9-20)21-15-22(24(30)27-12-10-26-11-13-27)29(17-21)25(31)23-7-4-14-32-23/h2-7,14,20-22,26H,8-13,15-17H2,1H3. The number of carbonyl (C=O) groups is 2. The van der Waals surface area contributed by atoms with E-state index in [1.807, 2.05) is 27.3 Å². The van der Waals surface area contributed by atoms with Crippen LogP contribution < -0.4 is 5.32 Å². The average molecular weight is 453 g/mol. The molecule has 2 aliphatic heterocycles. The van der Waals surface area contributed by atoms with Crippen molar-refractivity contribution >= 4 is 23.2 Å². The Kier molecular flexibility index (Phi) is 6.31. The predicted octanol–water partition coefficient (Wildman–Crippen LogP) is 2.74. The van der Waals surface area contributed by atoms with Gasteiger partial charge in [0.05, 0.1) is 4.88 Å². The van der Waals surface area contributed by atoms with Crippen LogP contribution in [0.1, 0.15) is 40.1 Å². The van der Waals surface area contributed by atoms with Crippen molar-refractivity contribution < 1.29 is 9.59 Å². The zero-order valence-corrected chi connectivity index (χ0v) is 19.5. The molecule has 7 heteroatoms. The summed E-state index contributed by atoms with van der Waals surface area (Å²) in [6.45, 7) is 6.76. The molecule has 2 unspecified atom stereocenters. The van der Waals surface area contributed by atoms with Crippen molar-refractivity contribution in [2.75, 3.05) is 32.7 Å². The molecule has 2 amide bonds. The van der Waals surface area contributed by atoms with Crippen molar-refractivity contribution in [1.29, 1.82) is 0 Å². The van der Waals surface area contributed by atoms with E-state index < -0.39 is 0 Å². The van der Waals surface area contributed by atoms with Gasteiger partial charge in [-0.3, -0.25) is 14.5 Å². The van der Waals surface area contributed by atoms with Crippen LogP contribution in [0.5, 0.6) is 0 Å². The quantitative estimate of drug-likeness (QED) is 0.732. The first-order valence-corrected chi connectivity index (χ1v) is 12.6. The van der Waals surface area contributed by atoms with E-state index in [-0.39, 0.29) is 23.9 Å². The van der Waals surface area contributed by atoms with E-state index in [1.54, 1.807) is 0 Å². The number of amides is 2. The number of likely N-dealkylation sites (tertiary alicyclic amines) is 1. The molecule has 1 N–H and O–H groups in total. The largest absolute Gasteiger partial charge is 0.338 e. The minimum absolute atomic E-state index is 0.00243. The fourth-order valence-electron chi connectivity index (χ4n) is 5.10. The predicted molar refractivity (Wildman–Crippen MR) is 127 cm³/mol. The van der Waals surface area contributed by atoms with Gasteiger partial charge in [-0.15, -0.1) is 11.3 Å². The molecule has 1 aromatic heterocycles. The van der Waals surface area contributed by atoms with E-state index in [9.17, 15) is 9.59 Å². The summed E-state index contributed by atoms with van der Waals surface area (Å²) < 4.78 is 0. The van der Waals surface area contributed by atoms with E-state index in [0.29, 0.717) is 12.6 Å². The van der Waals surface area contributed by atoms with E-state index >= 15 is 0 Å². The number of nitrogens with one attached hydrogen (secondary N) is 1. The Hall–Kier alpha value is -2.22. The summed E-state index contributed by atoms with van der Waals surface area (Å²) in [6, 6.07) is 12.7. The summed E-state index contributed by atoms with van der Waals surface area (Å²) in [4.78, 5) is 34.1. The number of hydrogen-bond donors (Lipinski definition) is 1. The van der Waals surface area contributed by atoms with Crippen LogP contribution in [0.15, 0.2) is 41.8 Å². The third-order valence-electron chi connectivity index (χ3n) is 7.08. The van der Waals surface area contributed by atoms with Gasteiger partial charge < -0.3 is 15.1 Å². The van der Waals surface area contributed by atoms with Gasteiger partial charge in [0.25, 0.3) is 5.91 Å². The molecule has 3 heterocycles. The lowest BCUT2D eigenvalue weighted by molar-refractivity contribution is -0.135. The molecule has 1 saturated carbocycles. The zero-order chi connectivity index (χ0) is 22.1. The van der Waals surface area contributed by atoms with Crippen molar-refractivity contribution in [3.05, 3.63) is 57.8 Å². The third kappa shape index (κ3) is 4.47. The molecule has 5 rings (SSSR count). The number of rotatable bonds is 6. The van der Waals surface area contributed by atoms with Gasteiger partial charge in [-0.05, 0) is 48.8 Å². The summed E-state index contributed by atoms with van der Waals surface area (Å²) in [5.74, 6) is 0.119. The van der Waals surface area contributed by atoms with Gasteiger partial charge in [0, 0.05) is 51.4 Å². The zero-order valence-electron chi connectivity index (χ0n) is 18.7. The van der Waals surface area contributed by atoms with E-state index in [4.69, 9.17) is 0 Å². The maximum atomic E-state index is 13.5. The lowest BCUT2D eigenvalue weighted by Crippen LogP contribution is -2.53. The Labute approximate surface area is 194 Å². The second-order valence-corrected chi connectivity index (χ2v) is 10.2. The molecule has 0 spiro atoms. The van der Waals surface area contributed by atoms with Gasteiger partial charge in [-0.2, -0.15) is 0 Å². The fourth-order valence-corrected chi connectivity index (χ4v) is 5.78. The van der Waals surface area contributed by atoms with E-state index in [2.05, 4.69) is 41.4 Å². The molecule has 0 radical (unpaired) electrons. The lowest BCUT2D eigenvalue weighted by Gasteiger charge is -2.32. The van der Waals surface area contributed by atoms with Gasteiger partial charge in [-0.25, -0.2) is 0 Å². The number of nitrogens with zero attached hydrogens (tertiary/aromatic N) is 3. The van der Waals surface area contributed by atoms with Crippen molar-refractivity contribution in [3.8, 4) is 0 Å². The molecule has 3 aliphatic rings. The lowest BCUT2D eigenvalue weighted by atomic mass is 10.1. The molecule has 2 saturated heterocycles. The molecule has 1 aliphatic carbocycles. The highest BCUT2D eigenvalue weighted by Crippen LogP contribution is 2.36. The van der Waals surface area contributed by atoms with Crippen molar-refractivity contribution in [1.82, 2.24) is 20.0 Å². The highest BCUT2D eigenvalue weighted by molar-refractivity contribution is 7.12. The second kappa shape index (κ2) is 9.33. The molecule has 6 nitrogen and oxygen atoms in total. The summed E-state index contributed by atoms with van der Waals surface area (Å²) in [5, 5.41) is 5.25. The summed E-state index contributed by atoms with van der Waals surface area (Å²) in [5.41, 5.74) is 2.64. The molecule has 2 atom stereocenters. The SMILES string of the molecule is Cc1ccccc1CN(C1CC1)C1CC(C(=O)N2CCNCC2)N(C(=O)c2cccs2)C1. The first-order valence-electron chi connectivity index (χ1n) is 11.8. The summed E-state index contributed by atoms with van der Waals surface area (Å²) in [7, 11) is 0. The summed E-state index contributed by atoms with van der Waals surface area (Å²) >= 11 is 1.46. The second-order valence-electron chi connectivity index (χ2n) is 9.25. The van der Waals surface area contributed by atoms with Crippen molar-refractivity contribution in [3.63, 3.8) is 0 Å². The van der Waals surface area contributed by atoms with Gasteiger partial charge in [0.15, 0.2) is 0 Å². The number of carbonyl (C=O) groups excluding carboxylic acids is 2. The molecular formula is C25H32N4O2S. The Morgan fingerprint density at radius 3 is 2.56 bits per heavy atom. The molecular weight excluding hydrogens is 420 g/mol. The molecule has 3 fully saturated rings. The molecule has 2 aromatic rings.